The van der Waals surface area contributed by atoms with Crippen LogP contribution in [0.2, 0.25) is 0 Å². The molecule has 4 rings (SSSR count). The van der Waals surface area contributed by atoms with Crippen LogP contribution in [0, 0.1) is 19.8 Å². The minimum Gasteiger partial charge on any atom is -0.391 e. The van der Waals surface area contributed by atoms with E-state index in [4.69, 9.17) is 5.10 Å². The lowest BCUT2D eigenvalue weighted by Gasteiger charge is -2.14. The first-order valence-corrected chi connectivity index (χ1v) is 10.4. The van der Waals surface area contributed by atoms with Crippen LogP contribution in [0.15, 0.2) is 54.7 Å². The van der Waals surface area contributed by atoms with Gasteiger partial charge in [0.15, 0.2) is 0 Å². The summed E-state index contributed by atoms with van der Waals surface area (Å²) in [4.78, 5) is 0. The number of hydrogen-bond donors (Lipinski definition) is 3. The molecule has 2 aromatic carbocycles. The molecule has 2 heterocycles. The van der Waals surface area contributed by atoms with Crippen molar-refractivity contribution in [1.82, 2.24) is 20.4 Å². The highest BCUT2D eigenvalue weighted by Crippen LogP contribution is 2.25. The van der Waals surface area contributed by atoms with Crippen molar-refractivity contribution < 1.29 is 5.11 Å². The number of hydrogen-bond acceptors (Lipinski definition) is 4. The molecule has 0 spiro atoms. The zero-order valence-corrected chi connectivity index (χ0v) is 17.2. The molecule has 29 heavy (non-hydrogen) atoms. The van der Waals surface area contributed by atoms with Gasteiger partial charge < -0.3 is 15.7 Å². The molecule has 152 valence electrons. The van der Waals surface area contributed by atoms with Crippen molar-refractivity contribution in [3.63, 3.8) is 0 Å². The van der Waals surface area contributed by atoms with Crippen LogP contribution in [-0.4, -0.2) is 40.6 Å². The molecular formula is C24H30N4O. The quantitative estimate of drug-likeness (QED) is 0.581. The van der Waals surface area contributed by atoms with Crippen LogP contribution < -0.4 is 10.6 Å². The molecule has 1 fully saturated rings. The number of rotatable bonds is 7. The third-order valence-electron chi connectivity index (χ3n) is 5.83. The van der Waals surface area contributed by atoms with Gasteiger partial charge in [-0.1, -0.05) is 42.5 Å². The molecule has 0 radical (unpaired) electrons. The number of aliphatic hydroxyl groups excluding tert-OH is 1. The standard InChI is InChI=1S/C24H30N4O/c1-17-8-9-20(10-18(17)2)24-22(13-25-11-21-12-26-14-23(21)29)16-28(27-24)15-19-6-4-3-5-7-19/h3-10,16,21,23,25-26,29H,11-15H2,1-2H3. The summed E-state index contributed by atoms with van der Waals surface area (Å²) in [6.45, 7) is 8.12. The Bertz CT molecular complexity index is 951. The molecule has 0 amide bonds. The average Bonchev–Trinajstić information content (AvgIpc) is 3.31. The number of β-amino-alcohol motifs (C(OH)–C–C–N with tert-alkyl or cyclic N) is 1. The number of aryl methyl sites for hydroxylation is 2. The maximum atomic E-state index is 10.0. The van der Waals surface area contributed by atoms with Crippen LogP contribution in [0.4, 0.5) is 0 Å². The molecule has 2 unspecified atom stereocenters. The fraction of sp³-hybridized carbons (Fsp3) is 0.375. The highest BCUT2D eigenvalue weighted by molar-refractivity contribution is 5.64. The summed E-state index contributed by atoms with van der Waals surface area (Å²) in [5.41, 5.74) is 7.17. The molecule has 0 saturated carbocycles. The maximum Gasteiger partial charge on any atom is 0.0968 e. The Morgan fingerprint density at radius 3 is 2.66 bits per heavy atom. The molecule has 1 aliphatic rings. The van der Waals surface area contributed by atoms with Gasteiger partial charge in [-0.3, -0.25) is 4.68 Å². The molecule has 1 aliphatic heterocycles. The van der Waals surface area contributed by atoms with Crippen molar-refractivity contribution in [3.8, 4) is 11.3 Å². The Kier molecular flexibility index (Phi) is 6.09. The lowest BCUT2D eigenvalue weighted by Crippen LogP contribution is -2.30. The van der Waals surface area contributed by atoms with Crippen LogP contribution in [0.3, 0.4) is 0 Å². The highest BCUT2D eigenvalue weighted by atomic mass is 16.3. The summed E-state index contributed by atoms with van der Waals surface area (Å²) in [5, 5.41) is 21.7. The van der Waals surface area contributed by atoms with Crippen LogP contribution in [0.25, 0.3) is 11.3 Å². The van der Waals surface area contributed by atoms with Crippen LogP contribution >= 0.6 is 0 Å². The number of benzene rings is 2. The Morgan fingerprint density at radius 2 is 1.93 bits per heavy atom. The predicted octanol–water partition coefficient (Wildman–Crippen LogP) is 2.89. The third-order valence-corrected chi connectivity index (χ3v) is 5.83. The van der Waals surface area contributed by atoms with E-state index in [-0.39, 0.29) is 12.0 Å². The first-order valence-electron chi connectivity index (χ1n) is 10.4. The molecule has 0 aliphatic carbocycles. The van der Waals surface area contributed by atoms with Gasteiger partial charge in [-0.15, -0.1) is 0 Å². The first-order chi connectivity index (χ1) is 14.1. The summed E-state index contributed by atoms with van der Waals surface area (Å²) in [7, 11) is 0. The summed E-state index contributed by atoms with van der Waals surface area (Å²) in [6.07, 6.45) is 1.89. The van der Waals surface area contributed by atoms with Gasteiger partial charge in [0.2, 0.25) is 0 Å². The van der Waals surface area contributed by atoms with E-state index in [9.17, 15) is 5.11 Å². The van der Waals surface area contributed by atoms with Crippen LogP contribution in [0.1, 0.15) is 22.3 Å². The molecule has 5 nitrogen and oxygen atoms in total. The fourth-order valence-corrected chi connectivity index (χ4v) is 3.90. The van der Waals surface area contributed by atoms with Crippen molar-refractivity contribution in [2.75, 3.05) is 19.6 Å². The Labute approximate surface area is 172 Å². The minimum absolute atomic E-state index is 0.262. The van der Waals surface area contributed by atoms with Gasteiger partial charge in [0.1, 0.15) is 0 Å². The van der Waals surface area contributed by atoms with Crippen molar-refractivity contribution in [1.29, 1.82) is 0 Å². The van der Waals surface area contributed by atoms with Gasteiger partial charge in [0.05, 0.1) is 18.3 Å². The van der Waals surface area contributed by atoms with Crippen molar-refractivity contribution >= 4 is 0 Å². The largest absolute Gasteiger partial charge is 0.391 e. The van der Waals surface area contributed by atoms with E-state index >= 15 is 0 Å². The predicted molar refractivity (Wildman–Crippen MR) is 117 cm³/mol. The fourth-order valence-electron chi connectivity index (χ4n) is 3.90. The summed E-state index contributed by atoms with van der Waals surface area (Å²) in [6, 6.07) is 17.0. The first kappa shape index (κ1) is 19.8. The van der Waals surface area contributed by atoms with Gasteiger partial charge in [0, 0.05) is 49.4 Å². The second-order valence-electron chi connectivity index (χ2n) is 8.10. The highest BCUT2D eigenvalue weighted by Gasteiger charge is 2.24. The number of nitrogens with zero attached hydrogens (tertiary/aromatic N) is 2. The van der Waals surface area contributed by atoms with E-state index in [1.165, 1.54) is 22.3 Å². The molecule has 3 N–H and O–H groups in total. The third kappa shape index (κ3) is 4.75. The zero-order valence-electron chi connectivity index (χ0n) is 17.2. The maximum absolute atomic E-state index is 10.0. The zero-order chi connectivity index (χ0) is 20.2. The topological polar surface area (TPSA) is 62.1 Å². The second kappa shape index (κ2) is 8.91. The van der Waals surface area contributed by atoms with Gasteiger partial charge in [0.25, 0.3) is 0 Å². The molecule has 1 aromatic heterocycles. The number of aromatic nitrogens is 2. The molecule has 2 atom stereocenters. The van der Waals surface area contributed by atoms with Crippen LogP contribution in [0.5, 0.6) is 0 Å². The molecule has 5 heteroatoms. The normalized spacial score (nSPS) is 19.0. The van der Waals surface area contributed by atoms with E-state index in [2.05, 4.69) is 73.1 Å². The van der Waals surface area contributed by atoms with E-state index in [0.717, 1.165) is 37.4 Å². The number of aliphatic hydroxyl groups is 1. The van der Waals surface area contributed by atoms with Crippen LogP contribution in [-0.2, 0) is 13.1 Å². The summed E-state index contributed by atoms with van der Waals surface area (Å²) >= 11 is 0. The summed E-state index contributed by atoms with van der Waals surface area (Å²) < 4.78 is 2.03. The smallest absolute Gasteiger partial charge is 0.0968 e. The minimum atomic E-state index is -0.262. The van der Waals surface area contributed by atoms with Gasteiger partial charge in [-0.2, -0.15) is 5.10 Å². The lowest BCUT2D eigenvalue weighted by atomic mass is 10.0. The molecular weight excluding hydrogens is 360 g/mol. The molecule has 0 bridgehead atoms. The van der Waals surface area contributed by atoms with Gasteiger partial charge >= 0.3 is 0 Å². The average molecular weight is 391 g/mol. The lowest BCUT2D eigenvalue weighted by molar-refractivity contribution is 0.146. The van der Waals surface area contributed by atoms with Crippen molar-refractivity contribution in [2.24, 2.45) is 5.92 Å². The SMILES string of the molecule is Cc1ccc(-c2nn(Cc3ccccc3)cc2CNCC2CNCC2O)cc1C. The van der Waals surface area contributed by atoms with E-state index in [1.807, 2.05) is 10.7 Å². The monoisotopic (exact) mass is 390 g/mol. The Balaban J connectivity index is 1.55. The van der Waals surface area contributed by atoms with E-state index < -0.39 is 0 Å². The molecule has 1 saturated heterocycles. The van der Waals surface area contributed by atoms with Crippen molar-refractivity contribution in [2.45, 2.75) is 33.0 Å². The van der Waals surface area contributed by atoms with Gasteiger partial charge in [-0.05, 0) is 36.6 Å². The summed E-state index contributed by atoms with van der Waals surface area (Å²) in [5.74, 6) is 0.263. The Morgan fingerprint density at radius 1 is 1.10 bits per heavy atom. The number of nitrogens with one attached hydrogen (secondary N) is 2. The second-order valence-corrected chi connectivity index (χ2v) is 8.10. The van der Waals surface area contributed by atoms with E-state index in [0.29, 0.717) is 6.54 Å². The van der Waals surface area contributed by atoms with E-state index in [1.54, 1.807) is 0 Å². The van der Waals surface area contributed by atoms with Gasteiger partial charge in [-0.25, -0.2) is 0 Å². The Hall–Kier alpha value is -2.47. The van der Waals surface area contributed by atoms with Crippen molar-refractivity contribution in [3.05, 3.63) is 77.0 Å². The molecule has 3 aromatic rings.